The SMILES string of the molecule is COc1ccc(NC(=O)Cc2c(C)nn(C)c2C)cc1Cc1ccccc1. The van der Waals surface area contributed by atoms with E-state index >= 15 is 0 Å². The van der Waals surface area contributed by atoms with E-state index < -0.39 is 0 Å². The average Bonchev–Trinajstić information content (AvgIpc) is 2.89. The van der Waals surface area contributed by atoms with E-state index in [0.717, 1.165) is 40.4 Å². The van der Waals surface area contributed by atoms with E-state index in [9.17, 15) is 4.79 Å². The molecule has 0 saturated carbocycles. The second-order valence-corrected chi connectivity index (χ2v) is 6.69. The Morgan fingerprint density at radius 2 is 1.89 bits per heavy atom. The second-order valence-electron chi connectivity index (χ2n) is 6.69. The van der Waals surface area contributed by atoms with Gasteiger partial charge in [0, 0.05) is 36.0 Å². The first kappa shape index (κ1) is 18.7. The molecular weight excluding hydrogens is 338 g/mol. The Kier molecular flexibility index (Phi) is 5.60. The molecule has 0 spiro atoms. The van der Waals surface area contributed by atoms with Gasteiger partial charge in [-0.05, 0) is 37.6 Å². The van der Waals surface area contributed by atoms with E-state index in [1.165, 1.54) is 5.56 Å². The molecule has 0 aliphatic rings. The Bertz CT molecular complexity index is 946. The molecule has 0 radical (unpaired) electrons. The first-order chi connectivity index (χ1) is 13.0. The molecule has 1 heterocycles. The van der Waals surface area contributed by atoms with E-state index in [1.54, 1.807) is 7.11 Å². The van der Waals surface area contributed by atoms with Crippen LogP contribution in [0.4, 0.5) is 5.69 Å². The van der Waals surface area contributed by atoms with Crippen molar-refractivity contribution < 1.29 is 9.53 Å². The van der Waals surface area contributed by atoms with E-state index in [1.807, 2.05) is 62.0 Å². The lowest BCUT2D eigenvalue weighted by atomic mass is 10.0. The molecule has 1 aromatic heterocycles. The zero-order valence-corrected chi connectivity index (χ0v) is 16.2. The van der Waals surface area contributed by atoms with Crippen LogP contribution in [0.2, 0.25) is 0 Å². The van der Waals surface area contributed by atoms with Crippen LogP contribution in [0.3, 0.4) is 0 Å². The molecule has 0 bridgehead atoms. The van der Waals surface area contributed by atoms with Gasteiger partial charge in [-0.25, -0.2) is 0 Å². The van der Waals surface area contributed by atoms with Crippen molar-refractivity contribution in [1.29, 1.82) is 0 Å². The number of hydrogen-bond donors (Lipinski definition) is 1. The molecule has 140 valence electrons. The minimum Gasteiger partial charge on any atom is -0.496 e. The van der Waals surface area contributed by atoms with Crippen LogP contribution in [-0.4, -0.2) is 22.8 Å². The monoisotopic (exact) mass is 363 g/mol. The van der Waals surface area contributed by atoms with Gasteiger partial charge in [0.25, 0.3) is 0 Å². The number of benzene rings is 2. The first-order valence-electron chi connectivity index (χ1n) is 8.97. The largest absolute Gasteiger partial charge is 0.496 e. The maximum absolute atomic E-state index is 12.5. The van der Waals surface area contributed by atoms with E-state index in [2.05, 4.69) is 22.5 Å². The Labute approximate surface area is 160 Å². The van der Waals surface area contributed by atoms with Gasteiger partial charge in [-0.15, -0.1) is 0 Å². The molecule has 0 fully saturated rings. The highest BCUT2D eigenvalue weighted by Gasteiger charge is 2.14. The molecule has 5 nitrogen and oxygen atoms in total. The van der Waals surface area contributed by atoms with Crippen LogP contribution in [0.15, 0.2) is 48.5 Å². The molecule has 0 saturated heterocycles. The van der Waals surface area contributed by atoms with Crippen LogP contribution in [-0.2, 0) is 24.7 Å². The number of carbonyl (C=O) groups excluding carboxylic acids is 1. The number of nitrogens with zero attached hydrogens (tertiary/aromatic N) is 2. The van der Waals surface area contributed by atoms with Gasteiger partial charge >= 0.3 is 0 Å². The van der Waals surface area contributed by atoms with Gasteiger partial charge < -0.3 is 10.1 Å². The van der Waals surface area contributed by atoms with Crippen LogP contribution in [0.1, 0.15) is 28.1 Å². The summed E-state index contributed by atoms with van der Waals surface area (Å²) in [7, 11) is 3.55. The van der Waals surface area contributed by atoms with Crippen LogP contribution in [0, 0.1) is 13.8 Å². The molecule has 27 heavy (non-hydrogen) atoms. The fourth-order valence-electron chi connectivity index (χ4n) is 3.25. The molecule has 2 aromatic carbocycles. The van der Waals surface area contributed by atoms with Crippen LogP contribution >= 0.6 is 0 Å². The summed E-state index contributed by atoms with van der Waals surface area (Å²) < 4.78 is 7.29. The van der Waals surface area contributed by atoms with Crippen molar-refractivity contribution in [2.75, 3.05) is 12.4 Å². The van der Waals surface area contributed by atoms with E-state index in [-0.39, 0.29) is 5.91 Å². The van der Waals surface area contributed by atoms with Gasteiger partial charge in [0.1, 0.15) is 5.75 Å². The van der Waals surface area contributed by atoms with Gasteiger partial charge in [0.15, 0.2) is 0 Å². The lowest BCUT2D eigenvalue weighted by Gasteiger charge is -2.12. The molecule has 3 aromatic rings. The molecule has 0 atom stereocenters. The zero-order chi connectivity index (χ0) is 19.4. The Morgan fingerprint density at radius 3 is 2.52 bits per heavy atom. The van der Waals surface area contributed by atoms with Crippen molar-refractivity contribution in [1.82, 2.24) is 9.78 Å². The molecule has 5 heteroatoms. The summed E-state index contributed by atoms with van der Waals surface area (Å²) in [5.74, 6) is 0.765. The number of amides is 1. The maximum Gasteiger partial charge on any atom is 0.228 e. The summed E-state index contributed by atoms with van der Waals surface area (Å²) >= 11 is 0. The first-order valence-corrected chi connectivity index (χ1v) is 8.97. The molecular formula is C22H25N3O2. The minimum absolute atomic E-state index is 0.0509. The summed E-state index contributed by atoms with van der Waals surface area (Å²) in [5.41, 5.74) is 5.89. The highest BCUT2D eigenvalue weighted by atomic mass is 16.5. The van der Waals surface area contributed by atoms with Crippen molar-refractivity contribution in [3.8, 4) is 5.75 Å². The third-order valence-electron chi connectivity index (χ3n) is 4.80. The number of nitrogens with one attached hydrogen (secondary N) is 1. The quantitative estimate of drug-likeness (QED) is 0.724. The lowest BCUT2D eigenvalue weighted by Crippen LogP contribution is -2.15. The number of hydrogen-bond acceptors (Lipinski definition) is 3. The smallest absolute Gasteiger partial charge is 0.228 e. The van der Waals surface area contributed by atoms with Crippen LogP contribution in [0.25, 0.3) is 0 Å². The summed E-state index contributed by atoms with van der Waals surface area (Å²) in [4.78, 5) is 12.5. The third-order valence-corrected chi connectivity index (χ3v) is 4.80. The second kappa shape index (κ2) is 8.08. The highest BCUT2D eigenvalue weighted by molar-refractivity contribution is 5.92. The predicted molar refractivity (Wildman–Crippen MR) is 107 cm³/mol. The van der Waals surface area contributed by atoms with Crippen LogP contribution < -0.4 is 10.1 Å². The fourth-order valence-corrected chi connectivity index (χ4v) is 3.25. The van der Waals surface area contributed by atoms with Gasteiger partial charge in [-0.3, -0.25) is 9.48 Å². The van der Waals surface area contributed by atoms with Crippen molar-refractivity contribution in [3.05, 3.63) is 76.6 Å². The lowest BCUT2D eigenvalue weighted by molar-refractivity contribution is -0.115. The summed E-state index contributed by atoms with van der Waals surface area (Å²) in [6.45, 7) is 3.91. The maximum atomic E-state index is 12.5. The topological polar surface area (TPSA) is 56.1 Å². The van der Waals surface area contributed by atoms with Crippen molar-refractivity contribution in [2.24, 2.45) is 7.05 Å². The van der Waals surface area contributed by atoms with Crippen molar-refractivity contribution in [3.63, 3.8) is 0 Å². The summed E-state index contributed by atoms with van der Waals surface area (Å²) in [5, 5.41) is 7.37. The van der Waals surface area contributed by atoms with E-state index in [0.29, 0.717) is 6.42 Å². The van der Waals surface area contributed by atoms with Gasteiger partial charge in [0.05, 0.1) is 19.2 Å². The van der Waals surface area contributed by atoms with Gasteiger partial charge in [-0.1, -0.05) is 30.3 Å². The average molecular weight is 363 g/mol. The fraction of sp³-hybridized carbons (Fsp3) is 0.273. The van der Waals surface area contributed by atoms with Crippen molar-refractivity contribution in [2.45, 2.75) is 26.7 Å². The summed E-state index contributed by atoms with van der Waals surface area (Å²) in [6, 6.07) is 15.9. The molecule has 0 aliphatic carbocycles. The molecule has 3 rings (SSSR count). The van der Waals surface area contributed by atoms with Gasteiger partial charge in [-0.2, -0.15) is 5.10 Å². The predicted octanol–water partition coefficient (Wildman–Crippen LogP) is 3.82. The Hall–Kier alpha value is -3.08. The number of methoxy groups -OCH3 is 1. The standard InChI is InChI=1S/C22H25N3O2/c1-15-20(16(2)25(3)24-15)14-22(26)23-19-10-11-21(27-4)18(13-19)12-17-8-6-5-7-9-17/h5-11,13H,12,14H2,1-4H3,(H,23,26). The van der Waals surface area contributed by atoms with Crippen LogP contribution in [0.5, 0.6) is 5.75 Å². The number of rotatable bonds is 6. The number of anilines is 1. The minimum atomic E-state index is -0.0509. The Morgan fingerprint density at radius 1 is 1.15 bits per heavy atom. The highest BCUT2D eigenvalue weighted by Crippen LogP contribution is 2.25. The molecule has 0 unspecified atom stereocenters. The third kappa shape index (κ3) is 4.37. The number of aromatic nitrogens is 2. The summed E-state index contributed by atoms with van der Waals surface area (Å²) in [6.07, 6.45) is 1.06. The number of ether oxygens (including phenoxy) is 1. The number of aryl methyl sites for hydroxylation is 2. The van der Waals surface area contributed by atoms with Gasteiger partial charge in [0.2, 0.25) is 5.91 Å². The van der Waals surface area contributed by atoms with Crippen molar-refractivity contribution >= 4 is 11.6 Å². The molecule has 1 N–H and O–H groups in total. The zero-order valence-electron chi connectivity index (χ0n) is 16.2. The number of carbonyl (C=O) groups is 1. The molecule has 0 aliphatic heterocycles. The Balaban J connectivity index is 1.76. The normalized spacial score (nSPS) is 10.7. The van der Waals surface area contributed by atoms with E-state index in [4.69, 9.17) is 4.74 Å². The molecule has 1 amide bonds.